The van der Waals surface area contributed by atoms with E-state index < -0.39 is 5.91 Å². The van der Waals surface area contributed by atoms with E-state index in [9.17, 15) is 4.79 Å². The van der Waals surface area contributed by atoms with Crippen LogP contribution in [-0.4, -0.2) is 31.5 Å². The van der Waals surface area contributed by atoms with E-state index in [1.54, 1.807) is 6.08 Å². The van der Waals surface area contributed by atoms with E-state index in [0.717, 1.165) is 35.6 Å². The monoisotopic (exact) mass is 425 g/mol. The van der Waals surface area contributed by atoms with Gasteiger partial charge in [-0.05, 0) is 54.4 Å². The fourth-order valence-corrected chi connectivity index (χ4v) is 4.24. The topological polar surface area (TPSA) is 73.8 Å². The summed E-state index contributed by atoms with van der Waals surface area (Å²) in [5, 5.41) is 16.5. The van der Waals surface area contributed by atoms with Crippen LogP contribution in [0.1, 0.15) is 37.4 Å². The molecule has 1 aromatic heterocycles. The highest BCUT2D eigenvalue weighted by molar-refractivity contribution is 8.26. The van der Waals surface area contributed by atoms with Gasteiger partial charge in [0.15, 0.2) is 5.84 Å². The highest BCUT2D eigenvalue weighted by Crippen LogP contribution is 2.30. The number of hydrogen-bond acceptors (Lipinski definition) is 4. The number of halogens is 1. The molecule has 29 heavy (non-hydrogen) atoms. The summed E-state index contributed by atoms with van der Waals surface area (Å²) >= 11 is 7.66. The summed E-state index contributed by atoms with van der Waals surface area (Å²) in [6, 6.07) is 11.5. The van der Waals surface area contributed by atoms with Gasteiger partial charge in [0.2, 0.25) is 5.17 Å². The number of unbranched alkanes of at least 4 members (excludes halogenated alkanes) is 1. The van der Waals surface area contributed by atoms with Crippen LogP contribution in [0.3, 0.4) is 0 Å². The Bertz CT molecular complexity index is 1070. The van der Waals surface area contributed by atoms with Crippen LogP contribution in [0.25, 0.3) is 6.08 Å². The number of benzene rings is 1. The maximum atomic E-state index is 12.6. The molecule has 0 saturated carbocycles. The first-order valence-corrected chi connectivity index (χ1v) is 10.6. The molecular formula is C21H20ClN5OS. The Morgan fingerprint density at radius 2 is 2.07 bits per heavy atom. The van der Waals surface area contributed by atoms with E-state index >= 15 is 0 Å². The van der Waals surface area contributed by atoms with Crippen molar-refractivity contribution in [2.75, 3.05) is 0 Å². The molecule has 1 aromatic carbocycles. The number of hydrogen-bond donors (Lipinski definition) is 1. The van der Waals surface area contributed by atoms with Gasteiger partial charge >= 0.3 is 0 Å². The zero-order valence-corrected chi connectivity index (χ0v) is 17.5. The van der Waals surface area contributed by atoms with Crippen molar-refractivity contribution >= 4 is 51.4 Å². The predicted molar refractivity (Wildman–Crippen MR) is 120 cm³/mol. The van der Waals surface area contributed by atoms with Gasteiger partial charge in [-0.2, -0.15) is 15.1 Å². The van der Waals surface area contributed by atoms with Gasteiger partial charge in [-0.15, -0.1) is 0 Å². The second-order valence-electron chi connectivity index (χ2n) is 6.77. The second-order valence-corrected chi connectivity index (χ2v) is 8.22. The van der Waals surface area contributed by atoms with Crippen LogP contribution in [0.5, 0.6) is 0 Å². The SMILES string of the molecule is CCCCC1=NN2C(=N)C(=Cc3cccn3Cc3ccccc3Cl)C(=O)N=C2S1. The highest BCUT2D eigenvalue weighted by atomic mass is 35.5. The minimum atomic E-state index is -0.411. The first-order chi connectivity index (χ1) is 14.1. The summed E-state index contributed by atoms with van der Waals surface area (Å²) in [6.07, 6.45) is 6.54. The quantitative estimate of drug-likeness (QED) is 0.662. The smallest absolute Gasteiger partial charge is 0.283 e. The number of nitrogens with zero attached hydrogens (tertiary/aromatic N) is 4. The van der Waals surface area contributed by atoms with Crippen molar-refractivity contribution in [2.24, 2.45) is 10.1 Å². The second kappa shape index (κ2) is 8.39. The lowest BCUT2D eigenvalue weighted by atomic mass is 10.1. The Hall–Kier alpha value is -2.64. The van der Waals surface area contributed by atoms with E-state index in [0.29, 0.717) is 16.7 Å². The lowest BCUT2D eigenvalue weighted by molar-refractivity contribution is -0.114. The van der Waals surface area contributed by atoms with Gasteiger partial charge in [0.25, 0.3) is 5.91 Å². The fraction of sp³-hybridized carbons (Fsp3) is 0.238. The van der Waals surface area contributed by atoms with Gasteiger partial charge in [0.05, 0.1) is 5.57 Å². The number of hydrazone groups is 1. The Morgan fingerprint density at radius 1 is 1.24 bits per heavy atom. The summed E-state index contributed by atoms with van der Waals surface area (Å²) in [5.41, 5.74) is 2.02. The molecular weight excluding hydrogens is 406 g/mol. The van der Waals surface area contributed by atoms with E-state index in [4.69, 9.17) is 17.0 Å². The van der Waals surface area contributed by atoms with E-state index in [1.807, 2.05) is 47.2 Å². The average molecular weight is 426 g/mol. The van der Waals surface area contributed by atoms with Gasteiger partial charge in [-0.3, -0.25) is 10.2 Å². The number of thioether (sulfide) groups is 1. The molecule has 0 spiro atoms. The maximum Gasteiger partial charge on any atom is 0.283 e. The molecule has 8 heteroatoms. The van der Waals surface area contributed by atoms with Crippen molar-refractivity contribution in [3.63, 3.8) is 0 Å². The molecule has 0 radical (unpaired) electrons. The fourth-order valence-electron chi connectivity index (χ4n) is 3.12. The van der Waals surface area contributed by atoms with E-state index in [-0.39, 0.29) is 11.4 Å². The van der Waals surface area contributed by atoms with Crippen LogP contribution >= 0.6 is 23.4 Å². The molecule has 0 atom stereocenters. The Labute approximate surface area is 178 Å². The first kappa shape index (κ1) is 19.7. The molecule has 1 amide bonds. The van der Waals surface area contributed by atoms with E-state index in [2.05, 4.69) is 17.0 Å². The number of amides is 1. The third-order valence-electron chi connectivity index (χ3n) is 4.70. The molecule has 0 fully saturated rings. The minimum Gasteiger partial charge on any atom is -0.343 e. The molecule has 2 aliphatic heterocycles. The molecule has 4 rings (SSSR count). The summed E-state index contributed by atoms with van der Waals surface area (Å²) in [4.78, 5) is 16.8. The zero-order valence-electron chi connectivity index (χ0n) is 15.9. The van der Waals surface area contributed by atoms with Crippen molar-refractivity contribution in [2.45, 2.75) is 32.7 Å². The molecule has 0 saturated heterocycles. The molecule has 0 unspecified atom stereocenters. The third-order valence-corrected chi connectivity index (χ3v) is 6.03. The molecule has 0 bridgehead atoms. The molecule has 3 heterocycles. The summed E-state index contributed by atoms with van der Waals surface area (Å²) in [5.74, 6) is -0.351. The lowest BCUT2D eigenvalue weighted by Crippen LogP contribution is -2.35. The number of aromatic nitrogens is 1. The molecule has 148 valence electrons. The van der Waals surface area contributed by atoms with Crippen LogP contribution < -0.4 is 0 Å². The van der Waals surface area contributed by atoms with Gasteiger partial charge in [0.1, 0.15) is 5.04 Å². The summed E-state index contributed by atoms with van der Waals surface area (Å²) in [7, 11) is 0. The van der Waals surface area contributed by atoms with Crippen LogP contribution in [-0.2, 0) is 11.3 Å². The Morgan fingerprint density at radius 3 is 2.86 bits per heavy atom. The Balaban J connectivity index is 1.61. The number of amidine groups is 2. The van der Waals surface area contributed by atoms with Crippen LogP contribution in [0.2, 0.25) is 5.02 Å². The molecule has 6 nitrogen and oxygen atoms in total. The molecule has 1 N–H and O–H groups in total. The van der Waals surface area contributed by atoms with Crippen molar-refractivity contribution in [3.05, 3.63) is 64.4 Å². The number of aliphatic imine (C=N–C) groups is 1. The van der Waals surface area contributed by atoms with Crippen LogP contribution in [0, 0.1) is 5.41 Å². The number of nitrogens with one attached hydrogen (secondary N) is 1. The lowest BCUT2D eigenvalue weighted by Gasteiger charge is -2.20. The van der Waals surface area contributed by atoms with Crippen molar-refractivity contribution in [3.8, 4) is 0 Å². The molecule has 0 aliphatic carbocycles. The highest BCUT2D eigenvalue weighted by Gasteiger charge is 2.35. The summed E-state index contributed by atoms with van der Waals surface area (Å²) < 4.78 is 1.99. The first-order valence-electron chi connectivity index (χ1n) is 9.44. The predicted octanol–water partition coefficient (Wildman–Crippen LogP) is 5.00. The largest absolute Gasteiger partial charge is 0.343 e. The van der Waals surface area contributed by atoms with Crippen molar-refractivity contribution in [1.29, 1.82) is 5.41 Å². The number of fused-ring (bicyclic) bond motifs is 1. The maximum absolute atomic E-state index is 12.6. The van der Waals surface area contributed by atoms with E-state index in [1.165, 1.54) is 16.8 Å². The number of carbonyl (C=O) groups excluding carboxylic acids is 1. The van der Waals surface area contributed by atoms with Crippen molar-refractivity contribution in [1.82, 2.24) is 9.58 Å². The van der Waals surface area contributed by atoms with Gasteiger partial charge in [-0.25, -0.2) is 0 Å². The number of rotatable bonds is 6. The normalized spacial score (nSPS) is 17.6. The van der Waals surface area contributed by atoms with Gasteiger partial charge < -0.3 is 4.57 Å². The minimum absolute atomic E-state index is 0.0597. The third kappa shape index (κ3) is 4.06. The number of carbonyl (C=O) groups is 1. The Kier molecular flexibility index (Phi) is 5.69. The van der Waals surface area contributed by atoms with Gasteiger partial charge in [0, 0.05) is 23.5 Å². The zero-order chi connectivity index (χ0) is 20.4. The van der Waals surface area contributed by atoms with Crippen LogP contribution in [0.4, 0.5) is 0 Å². The van der Waals surface area contributed by atoms with Gasteiger partial charge in [-0.1, -0.05) is 43.1 Å². The summed E-state index contributed by atoms with van der Waals surface area (Å²) in [6.45, 7) is 2.69. The van der Waals surface area contributed by atoms with Crippen molar-refractivity contribution < 1.29 is 4.79 Å². The standard InChI is InChI=1S/C21H20ClN5OS/c1-2-3-10-18-25-27-19(23)16(20(28)24-21(27)29-18)12-15-8-6-11-26(15)13-14-7-4-5-9-17(14)22/h4-9,11-12,23H,2-3,10,13H2,1H3. The molecule has 2 aliphatic rings. The molecule has 2 aromatic rings. The van der Waals surface area contributed by atoms with Crippen LogP contribution in [0.15, 0.2) is 58.3 Å². The average Bonchev–Trinajstić information content (AvgIpc) is 3.32.